The highest BCUT2D eigenvalue weighted by atomic mass is 32.2. The molecule has 2 amide bonds. The number of amides is 2. The zero-order valence-electron chi connectivity index (χ0n) is 12.5. The summed E-state index contributed by atoms with van der Waals surface area (Å²) in [6, 6.07) is 17.6. The van der Waals surface area contributed by atoms with Crippen LogP contribution in [-0.2, 0) is 0 Å². The minimum absolute atomic E-state index is 0.192. The predicted octanol–water partition coefficient (Wildman–Crippen LogP) is 4.15. The van der Waals surface area contributed by atoms with Crippen molar-refractivity contribution in [2.75, 3.05) is 17.6 Å². The van der Waals surface area contributed by atoms with E-state index in [1.165, 1.54) is 4.90 Å². The summed E-state index contributed by atoms with van der Waals surface area (Å²) in [6.07, 6.45) is 3.51. The lowest BCUT2D eigenvalue weighted by Crippen LogP contribution is -2.30. The first kappa shape index (κ1) is 15.4. The molecule has 0 saturated heterocycles. The molecule has 0 saturated carbocycles. The number of rotatable bonds is 5. The van der Waals surface area contributed by atoms with Crippen LogP contribution in [0.1, 0.15) is 0 Å². The van der Waals surface area contributed by atoms with Gasteiger partial charge in [-0.2, -0.15) is 0 Å². The van der Waals surface area contributed by atoms with Gasteiger partial charge in [-0.05, 0) is 24.3 Å². The number of aromatic nitrogens is 1. The summed E-state index contributed by atoms with van der Waals surface area (Å²) >= 11 is 1.72. The molecule has 0 unspecified atom stereocenters. The summed E-state index contributed by atoms with van der Waals surface area (Å²) in [5, 5.41) is 7.76. The van der Waals surface area contributed by atoms with Gasteiger partial charge in [-0.3, -0.25) is 4.98 Å². The van der Waals surface area contributed by atoms with E-state index < -0.39 is 0 Å². The molecular weight excluding hydrogens is 306 g/mol. The molecule has 4 nitrogen and oxygen atoms in total. The van der Waals surface area contributed by atoms with Crippen molar-refractivity contribution in [2.24, 2.45) is 0 Å². The van der Waals surface area contributed by atoms with Crippen LogP contribution in [0.5, 0.6) is 0 Å². The van der Waals surface area contributed by atoms with Gasteiger partial charge < -0.3 is 10.6 Å². The molecule has 3 aromatic rings. The van der Waals surface area contributed by atoms with Gasteiger partial charge in [0.15, 0.2) is 0 Å². The molecule has 5 heteroatoms. The molecule has 2 aromatic carbocycles. The molecule has 1 aromatic heterocycles. The molecule has 1 heterocycles. The summed E-state index contributed by atoms with van der Waals surface area (Å²) < 4.78 is 0. The van der Waals surface area contributed by atoms with E-state index in [4.69, 9.17) is 0 Å². The summed E-state index contributed by atoms with van der Waals surface area (Å²) in [6.45, 7) is 0.609. The van der Waals surface area contributed by atoms with Gasteiger partial charge >= 0.3 is 6.03 Å². The predicted molar refractivity (Wildman–Crippen MR) is 95.9 cm³/mol. The quantitative estimate of drug-likeness (QED) is 0.548. The number of pyridine rings is 1. The van der Waals surface area contributed by atoms with Crippen molar-refractivity contribution in [2.45, 2.75) is 4.90 Å². The van der Waals surface area contributed by atoms with Gasteiger partial charge in [0.1, 0.15) is 0 Å². The normalized spacial score (nSPS) is 10.4. The summed E-state index contributed by atoms with van der Waals surface area (Å²) in [7, 11) is 0. The lowest BCUT2D eigenvalue weighted by atomic mass is 10.1. The fourth-order valence-corrected chi connectivity index (χ4v) is 3.04. The van der Waals surface area contributed by atoms with E-state index in [2.05, 4.69) is 27.8 Å². The van der Waals surface area contributed by atoms with Crippen molar-refractivity contribution in [3.63, 3.8) is 0 Å². The number of fused-ring (bicyclic) bond motifs is 1. The molecule has 2 N–H and O–H groups in total. The molecule has 0 radical (unpaired) electrons. The Kier molecular flexibility index (Phi) is 5.11. The third-order valence-corrected chi connectivity index (χ3v) is 4.34. The summed E-state index contributed by atoms with van der Waals surface area (Å²) in [5.41, 5.74) is 0.790. The molecule has 0 aliphatic heterocycles. The Morgan fingerprint density at radius 2 is 1.91 bits per heavy atom. The average molecular weight is 323 g/mol. The van der Waals surface area contributed by atoms with Crippen molar-refractivity contribution in [1.82, 2.24) is 10.3 Å². The Hall–Kier alpha value is -2.53. The topological polar surface area (TPSA) is 54.0 Å². The van der Waals surface area contributed by atoms with Crippen LogP contribution >= 0.6 is 11.8 Å². The van der Waals surface area contributed by atoms with Crippen molar-refractivity contribution in [3.05, 3.63) is 67.0 Å². The van der Waals surface area contributed by atoms with Gasteiger partial charge in [-0.15, -0.1) is 11.8 Å². The highest BCUT2D eigenvalue weighted by Crippen LogP contribution is 2.22. The van der Waals surface area contributed by atoms with Crippen molar-refractivity contribution >= 4 is 34.3 Å². The van der Waals surface area contributed by atoms with Gasteiger partial charge in [-0.1, -0.05) is 30.3 Å². The fourth-order valence-electron chi connectivity index (χ4n) is 2.25. The zero-order chi connectivity index (χ0) is 15.9. The number of benzene rings is 2. The molecule has 0 spiro atoms. The number of hydrogen-bond donors (Lipinski definition) is 2. The van der Waals surface area contributed by atoms with E-state index >= 15 is 0 Å². The minimum Gasteiger partial charge on any atom is -0.337 e. The molecule has 0 fully saturated rings. The maximum atomic E-state index is 12.0. The van der Waals surface area contributed by atoms with Crippen molar-refractivity contribution < 1.29 is 4.79 Å². The lowest BCUT2D eigenvalue weighted by molar-refractivity contribution is 0.252. The van der Waals surface area contributed by atoms with Gasteiger partial charge in [0.2, 0.25) is 0 Å². The Balaban J connectivity index is 1.51. The van der Waals surface area contributed by atoms with E-state index in [0.717, 1.165) is 22.2 Å². The molecule has 0 bridgehead atoms. The maximum absolute atomic E-state index is 12.0. The first-order chi connectivity index (χ1) is 11.3. The number of thioether (sulfide) groups is 1. The average Bonchev–Trinajstić information content (AvgIpc) is 2.60. The van der Waals surface area contributed by atoms with Gasteiger partial charge in [0.05, 0.1) is 5.69 Å². The standard InChI is InChI=1S/C18H17N3OS/c22-18(20-11-12-23-15-6-2-1-3-7-15)21-17-8-4-5-14-13-19-10-9-16(14)17/h1-10,13H,11-12H2,(H2,20,21,22). The summed E-state index contributed by atoms with van der Waals surface area (Å²) in [4.78, 5) is 17.3. The van der Waals surface area contributed by atoms with Crippen LogP contribution in [0.15, 0.2) is 71.9 Å². The van der Waals surface area contributed by atoms with E-state index in [0.29, 0.717) is 6.54 Å². The van der Waals surface area contributed by atoms with Crippen LogP contribution < -0.4 is 10.6 Å². The third-order valence-electron chi connectivity index (χ3n) is 3.33. The second-order valence-corrected chi connectivity index (χ2v) is 6.11. The third kappa shape index (κ3) is 4.23. The highest BCUT2D eigenvalue weighted by Gasteiger charge is 2.05. The van der Waals surface area contributed by atoms with Crippen molar-refractivity contribution in [1.29, 1.82) is 0 Å². The van der Waals surface area contributed by atoms with E-state index in [1.54, 1.807) is 24.2 Å². The van der Waals surface area contributed by atoms with Crippen LogP contribution in [0.3, 0.4) is 0 Å². The molecule has 23 heavy (non-hydrogen) atoms. The number of hydrogen-bond acceptors (Lipinski definition) is 3. The smallest absolute Gasteiger partial charge is 0.319 e. The van der Waals surface area contributed by atoms with Crippen LogP contribution in [0.25, 0.3) is 10.8 Å². The number of nitrogens with zero attached hydrogens (tertiary/aromatic N) is 1. The Bertz CT molecular complexity index is 787. The largest absolute Gasteiger partial charge is 0.337 e. The first-order valence-corrected chi connectivity index (χ1v) is 8.37. The van der Waals surface area contributed by atoms with E-state index in [1.807, 2.05) is 42.5 Å². The number of urea groups is 1. The molecule has 0 aliphatic rings. The Labute approximate surface area is 139 Å². The van der Waals surface area contributed by atoms with Crippen LogP contribution in [0.2, 0.25) is 0 Å². The number of carbonyl (C=O) groups is 1. The van der Waals surface area contributed by atoms with E-state index in [9.17, 15) is 4.79 Å². The molecule has 0 aliphatic carbocycles. The molecule has 3 rings (SSSR count). The van der Waals surface area contributed by atoms with E-state index in [-0.39, 0.29) is 6.03 Å². The number of nitrogens with one attached hydrogen (secondary N) is 2. The maximum Gasteiger partial charge on any atom is 0.319 e. The Morgan fingerprint density at radius 1 is 1.04 bits per heavy atom. The second kappa shape index (κ2) is 7.65. The number of anilines is 1. The monoisotopic (exact) mass is 323 g/mol. The number of carbonyl (C=O) groups excluding carboxylic acids is 1. The highest BCUT2D eigenvalue weighted by molar-refractivity contribution is 7.99. The van der Waals surface area contributed by atoms with Crippen LogP contribution in [0, 0.1) is 0 Å². The van der Waals surface area contributed by atoms with Gasteiger partial charge in [0.25, 0.3) is 0 Å². The van der Waals surface area contributed by atoms with Gasteiger partial charge in [0, 0.05) is 40.4 Å². The van der Waals surface area contributed by atoms with Crippen LogP contribution in [-0.4, -0.2) is 23.3 Å². The fraction of sp³-hybridized carbons (Fsp3) is 0.111. The SMILES string of the molecule is O=C(NCCSc1ccccc1)Nc1cccc2cnccc12. The van der Waals surface area contributed by atoms with Crippen molar-refractivity contribution in [3.8, 4) is 0 Å². The van der Waals surface area contributed by atoms with Gasteiger partial charge in [-0.25, -0.2) is 4.79 Å². The molecule has 0 atom stereocenters. The minimum atomic E-state index is -0.192. The zero-order valence-corrected chi connectivity index (χ0v) is 13.3. The molecular formula is C18H17N3OS. The lowest BCUT2D eigenvalue weighted by Gasteiger charge is -2.10. The molecule has 116 valence electrons. The second-order valence-electron chi connectivity index (χ2n) is 4.94. The van der Waals surface area contributed by atoms with Crippen LogP contribution in [0.4, 0.5) is 10.5 Å². The summed E-state index contributed by atoms with van der Waals surface area (Å²) in [5.74, 6) is 0.830. The Morgan fingerprint density at radius 3 is 2.78 bits per heavy atom. The first-order valence-electron chi connectivity index (χ1n) is 7.38.